The third kappa shape index (κ3) is 3.22. The highest BCUT2D eigenvalue weighted by Gasteiger charge is 2.31. The van der Waals surface area contributed by atoms with E-state index in [2.05, 4.69) is 5.32 Å². The number of carbonyl (C=O) groups excluding carboxylic acids is 2. The molecule has 0 saturated carbocycles. The van der Waals surface area contributed by atoms with Gasteiger partial charge in [-0.3, -0.25) is 14.5 Å². The number of methoxy groups -OCH3 is 2. The lowest BCUT2D eigenvalue weighted by Gasteiger charge is -2.15. The molecule has 0 fully saturated rings. The Hall–Kier alpha value is -2.34. The van der Waals surface area contributed by atoms with Gasteiger partial charge in [0.25, 0.3) is 11.8 Å². The third-order valence-corrected chi connectivity index (χ3v) is 3.15. The first-order valence-electron chi connectivity index (χ1n) is 6.55. The number of hydrogen-bond acceptors (Lipinski definition) is 5. The van der Waals surface area contributed by atoms with Crippen LogP contribution >= 0.6 is 0 Å². The fraction of sp³-hybridized carbons (Fsp3) is 0.333. The number of ether oxygens (including phenoxy) is 2. The number of amides is 2. The van der Waals surface area contributed by atoms with Gasteiger partial charge in [-0.2, -0.15) is 0 Å². The molecule has 0 bridgehead atoms. The van der Waals surface area contributed by atoms with Crippen LogP contribution in [0.1, 0.15) is 5.56 Å². The molecule has 0 atom stereocenters. The summed E-state index contributed by atoms with van der Waals surface area (Å²) in [5.41, 5.74) is 1.91. The molecule has 1 N–H and O–H groups in total. The average Bonchev–Trinajstić information content (AvgIpc) is 2.72. The zero-order chi connectivity index (χ0) is 15.4. The van der Waals surface area contributed by atoms with Crippen LogP contribution < -0.4 is 10.1 Å². The van der Waals surface area contributed by atoms with E-state index in [9.17, 15) is 9.59 Å². The minimum atomic E-state index is -0.361. The van der Waals surface area contributed by atoms with Crippen LogP contribution in [0, 0.1) is 6.92 Å². The summed E-state index contributed by atoms with van der Waals surface area (Å²) in [6, 6.07) is 5.57. The number of anilines is 1. The Bertz CT molecular complexity index is 595. The van der Waals surface area contributed by atoms with E-state index in [1.54, 1.807) is 7.11 Å². The standard InChI is InChI=1S/C15H18N2O4/c1-10-4-5-13(21-3)11(8-10)16-12-9-14(18)17(15(12)19)6-7-20-2/h4-5,8-9,16H,6-7H2,1-3H3. The first-order chi connectivity index (χ1) is 10.1. The molecule has 1 aliphatic heterocycles. The summed E-state index contributed by atoms with van der Waals surface area (Å²) in [5.74, 6) is -0.0936. The van der Waals surface area contributed by atoms with E-state index in [0.717, 1.165) is 10.5 Å². The molecule has 0 saturated heterocycles. The van der Waals surface area contributed by atoms with Crippen molar-refractivity contribution >= 4 is 17.5 Å². The monoisotopic (exact) mass is 290 g/mol. The van der Waals surface area contributed by atoms with Crippen LogP contribution in [0.4, 0.5) is 5.69 Å². The minimum Gasteiger partial charge on any atom is -0.495 e. The van der Waals surface area contributed by atoms with Crippen LogP contribution in [0.15, 0.2) is 30.0 Å². The second-order valence-electron chi connectivity index (χ2n) is 4.67. The molecule has 1 aliphatic rings. The predicted octanol–water partition coefficient (Wildman–Crippen LogP) is 1.31. The van der Waals surface area contributed by atoms with Crippen molar-refractivity contribution in [2.45, 2.75) is 6.92 Å². The van der Waals surface area contributed by atoms with E-state index >= 15 is 0 Å². The quantitative estimate of drug-likeness (QED) is 0.800. The van der Waals surface area contributed by atoms with Gasteiger partial charge in [0.2, 0.25) is 0 Å². The van der Waals surface area contributed by atoms with Crippen molar-refractivity contribution < 1.29 is 19.1 Å². The number of nitrogens with one attached hydrogen (secondary N) is 1. The maximum Gasteiger partial charge on any atom is 0.277 e. The molecule has 0 unspecified atom stereocenters. The average molecular weight is 290 g/mol. The molecule has 21 heavy (non-hydrogen) atoms. The van der Waals surface area contributed by atoms with Crippen molar-refractivity contribution in [1.82, 2.24) is 4.90 Å². The number of imide groups is 1. The molecule has 1 aromatic carbocycles. The van der Waals surface area contributed by atoms with E-state index in [1.807, 2.05) is 25.1 Å². The van der Waals surface area contributed by atoms with Crippen LogP contribution in [0.25, 0.3) is 0 Å². The first kappa shape index (κ1) is 15.1. The number of aryl methyl sites for hydroxylation is 1. The Morgan fingerprint density at radius 2 is 2.00 bits per heavy atom. The molecule has 0 radical (unpaired) electrons. The zero-order valence-corrected chi connectivity index (χ0v) is 12.3. The smallest absolute Gasteiger partial charge is 0.277 e. The van der Waals surface area contributed by atoms with Gasteiger partial charge in [-0.1, -0.05) is 6.07 Å². The number of benzene rings is 1. The van der Waals surface area contributed by atoms with E-state index in [4.69, 9.17) is 9.47 Å². The summed E-state index contributed by atoms with van der Waals surface area (Å²) in [4.78, 5) is 25.2. The van der Waals surface area contributed by atoms with E-state index in [0.29, 0.717) is 18.0 Å². The molecule has 2 rings (SSSR count). The van der Waals surface area contributed by atoms with Crippen molar-refractivity contribution in [3.8, 4) is 5.75 Å². The van der Waals surface area contributed by atoms with Gasteiger partial charge in [-0.05, 0) is 24.6 Å². The van der Waals surface area contributed by atoms with Crippen LogP contribution in [0.2, 0.25) is 0 Å². The third-order valence-electron chi connectivity index (χ3n) is 3.15. The second kappa shape index (κ2) is 6.41. The Morgan fingerprint density at radius 3 is 2.67 bits per heavy atom. The number of carbonyl (C=O) groups is 2. The molecule has 112 valence electrons. The van der Waals surface area contributed by atoms with Gasteiger partial charge in [0, 0.05) is 13.2 Å². The maximum atomic E-state index is 12.2. The highest BCUT2D eigenvalue weighted by atomic mass is 16.5. The lowest BCUT2D eigenvalue weighted by atomic mass is 10.2. The molecule has 1 heterocycles. The predicted molar refractivity (Wildman–Crippen MR) is 78.0 cm³/mol. The topological polar surface area (TPSA) is 67.9 Å². The van der Waals surface area contributed by atoms with E-state index in [1.165, 1.54) is 13.2 Å². The Kier molecular flexibility index (Phi) is 4.59. The van der Waals surface area contributed by atoms with E-state index < -0.39 is 0 Å². The Labute approximate surface area is 123 Å². The van der Waals surface area contributed by atoms with Crippen LogP contribution in [0.5, 0.6) is 5.75 Å². The normalized spacial score (nSPS) is 14.4. The minimum absolute atomic E-state index is 0.236. The van der Waals surface area contributed by atoms with Gasteiger partial charge in [0.05, 0.1) is 25.9 Å². The summed E-state index contributed by atoms with van der Waals surface area (Å²) in [5, 5.41) is 2.97. The number of rotatable bonds is 6. The molecule has 0 spiro atoms. The molecule has 0 aliphatic carbocycles. The largest absolute Gasteiger partial charge is 0.495 e. The number of hydrogen-bond donors (Lipinski definition) is 1. The van der Waals surface area contributed by atoms with Gasteiger partial charge < -0.3 is 14.8 Å². The fourth-order valence-electron chi connectivity index (χ4n) is 2.06. The van der Waals surface area contributed by atoms with Gasteiger partial charge in [0.1, 0.15) is 11.4 Å². The van der Waals surface area contributed by atoms with Crippen LogP contribution in [-0.4, -0.2) is 44.1 Å². The van der Waals surface area contributed by atoms with Crippen LogP contribution in [-0.2, 0) is 14.3 Å². The molecule has 6 heteroatoms. The molecule has 2 amide bonds. The lowest BCUT2D eigenvalue weighted by Crippen LogP contribution is -2.34. The highest BCUT2D eigenvalue weighted by molar-refractivity contribution is 6.17. The SMILES string of the molecule is COCCN1C(=O)C=C(Nc2cc(C)ccc2OC)C1=O. The van der Waals surface area contributed by atoms with Gasteiger partial charge in [-0.15, -0.1) is 0 Å². The molecular formula is C15H18N2O4. The highest BCUT2D eigenvalue weighted by Crippen LogP contribution is 2.27. The van der Waals surface area contributed by atoms with Crippen molar-refractivity contribution in [3.05, 3.63) is 35.5 Å². The summed E-state index contributed by atoms with van der Waals surface area (Å²) in [7, 11) is 3.08. The van der Waals surface area contributed by atoms with Crippen LogP contribution in [0.3, 0.4) is 0 Å². The maximum absolute atomic E-state index is 12.2. The Balaban J connectivity index is 2.17. The fourth-order valence-corrected chi connectivity index (χ4v) is 2.06. The van der Waals surface area contributed by atoms with Crippen molar-refractivity contribution in [2.24, 2.45) is 0 Å². The summed E-state index contributed by atoms with van der Waals surface area (Å²) in [6.07, 6.45) is 1.29. The van der Waals surface area contributed by atoms with E-state index in [-0.39, 0.29) is 24.1 Å². The van der Waals surface area contributed by atoms with Gasteiger partial charge >= 0.3 is 0 Å². The van der Waals surface area contributed by atoms with Crippen molar-refractivity contribution in [1.29, 1.82) is 0 Å². The summed E-state index contributed by atoms with van der Waals surface area (Å²) >= 11 is 0. The molecular weight excluding hydrogens is 272 g/mol. The molecule has 0 aromatic heterocycles. The Morgan fingerprint density at radius 1 is 1.24 bits per heavy atom. The summed E-state index contributed by atoms with van der Waals surface area (Å²) in [6.45, 7) is 2.48. The zero-order valence-electron chi connectivity index (χ0n) is 12.3. The van der Waals surface area contributed by atoms with Crippen molar-refractivity contribution in [3.63, 3.8) is 0 Å². The van der Waals surface area contributed by atoms with Crippen molar-refractivity contribution in [2.75, 3.05) is 32.7 Å². The number of nitrogens with zero attached hydrogens (tertiary/aromatic N) is 1. The van der Waals surface area contributed by atoms with Gasteiger partial charge in [0.15, 0.2) is 0 Å². The molecule has 6 nitrogen and oxygen atoms in total. The first-order valence-corrected chi connectivity index (χ1v) is 6.55. The molecule has 1 aromatic rings. The summed E-state index contributed by atoms with van der Waals surface area (Å²) < 4.78 is 10.1. The lowest BCUT2D eigenvalue weighted by molar-refractivity contribution is -0.137. The second-order valence-corrected chi connectivity index (χ2v) is 4.67. The van der Waals surface area contributed by atoms with Gasteiger partial charge in [-0.25, -0.2) is 0 Å².